The molecule has 2 aliphatic heterocycles. The molecule has 1 unspecified atom stereocenters. The Kier molecular flexibility index (Phi) is 6.88. The normalized spacial score (nSPS) is 17.2. The molecule has 0 aliphatic carbocycles. The number of benzene rings is 2. The van der Waals surface area contributed by atoms with Crippen molar-refractivity contribution in [3.05, 3.63) is 83.8 Å². The number of amides is 2. The summed E-state index contributed by atoms with van der Waals surface area (Å²) in [6, 6.07) is 18.1. The highest BCUT2D eigenvalue weighted by molar-refractivity contribution is 5.95. The van der Waals surface area contributed by atoms with Gasteiger partial charge in [0.1, 0.15) is 12.1 Å². The predicted octanol–water partition coefficient (Wildman–Crippen LogP) is 3.43. The Labute approximate surface area is 234 Å². The van der Waals surface area contributed by atoms with Crippen LogP contribution in [0.5, 0.6) is 0 Å². The zero-order chi connectivity index (χ0) is 27.8. The van der Waals surface area contributed by atoms with E-state index in [1.165, 1.54) is 16.8 Å². The van der Waals surface area contributed by atoms with Crippen LogP contribution in [0, 0.1) is 0 Å². The lowest BCUT2D eigenvalue weighted by atomic mass is 9.96. The summed E-state index contributed by atoms with van der Waals surface area (Å²) in [5.74, 6) is 0.137. The van der Waals surface area contributed by atoms with Gasteiger partial charge < -0.3 is 24.2 Å². The van der Waals surface area contributed by atoms with Gasteiger partial charge in [-0.3, -0.25) is 9.59 Å². The van der Waals surface area contributed by atoms with Crippen molar-refractivity contribution >= 4 is 34.4 Å². The highest BCUT2D eigenvalue weighted by Gasteiger charge is 2.31. The van der Waals surface area contributed by atoms with E-state index >= 15 is 0 Å². The Balaban J connectivity index is 1.16. The first-order valence-electron chi connectivity index (χ1n) is 13.9. The van der Waals surface area contributed by atoms with Gasteiger partial charge in [-0.1, -0.05) is 18.2 Å². The van der Waals surface area contributed by atoms with Crippen molar-refractivity contribution in [2.45, 2.75) is 32.5 Å². The number of rotatable bonds is 5. The average Bonchev–Trinajstić information content (AvgIpc) is 3.38. The first-order chi connectivity index (χ1) is 19.4. The molecule has 1 atom stereocenters. The quantitative estimate of drug-likeness (QED) is 0.388. The molecule has 2 aromatic heterocycles. The first-order valence-corrected chi connectivity index (χ1v) is 13.9. The Bertz CT molecular complexity index is 1560. The number of imidazole rings is 1. The van der Waals surface area contributed by atoms with Gasteiger partial charge in [0.15, 0.2) is 5.65 Å². The summed E-state index contributed by atoms with van der Waals surface area (Å²) in [6.45, 7) is 5.76. The molecular weight excluding hydrogens is 502 g/mol. The molecule has 4 heterocycles. The van der Waals surface area contributed by atoms with Gasteiger partial charge >= 0.3 is 0 Å². The van der Waals surface area contributed by atoms with Crippen molar-refractivity contribution < 1.29 is 9.59 Å². The van der Waals surface area contributed by atoms with Crippen LogP contribution in [0.15, 0.2) is 67.1 Å². The Hall–Kier alpha value is -4.40. The molecule has 0 bridgehead atoms. The summed E-state index contributed by atoms with van der Waals surface area (Å²) in [5, 5.41) is 0. The molecule has 40 heavy (non-hydrogen) atoms. The smallest absolute Gasteiger partial charge is 0.254 e. The number of hydrogen-bond acceptors (Lipinski definition) is 6. The summed E-state index contributed by atoms with van der Waals surface area (Å²) in [6.07, 6.45) is 4.25. The molecule has 4 aromatic rings. The van der Waals surface area contributed by atoms with Gasteiger partial charge in [-0.25, -0.2) is 9.97 Å². The van der Waals surface area contributed by atoms with E-state index in [2.05, 4.69) is 40.0 Å². The summed E-state index contributed by atoms with van der Waals surface area (Å²) in [5.41, 5.74) is 6.94. The highest BCUT2D eigenvalue weighted by atomic mass is 16.2. The number of pyridine rings is 1. The van der Waals surface area contributed by atoms with Crippen LogP contribution < -0.4 is 9.80 Å². The fraction of sp³-hybridized carbons (Fsp3) is 0.355. The Morgan fingerprint density at radius 1 is 1.00 bits per heavy atom. The molecule has 9 heteroatoms. The van der Waals surface area contributed by atoms with Crippen molar-refractivity contribution in [2.75, 3.05) is 50.1 Å². The fourth-order valence-corrected chi connectivity index (χ4v) is 5.93. The van der Waals surface area contributed by atoms with Gasteiger partial charge in [-0.05, 0) is 60.9 Å². The van der Waals surface area contributed by atoms with Crippen LogP contribution in [0.1, 0.15) is 28.4 Å². The third kappa shape index (κ3) is 4.87. The van der Waals surface area contributed by atoms with Crippen LogP contribution in [0.3, 0.4) is 0 Å². The van der Waals surface area contributed by atoms with E-state index in [1.807, 2.05) is 69.8 Å². The van der Waals surface area contributed by atoms with E-state index in [0.29, 0.717) is 25.2 Å². The zero-order valence-corrected chi connectivity index (χ0v) is 23.3. The number of piperazine rings is 1. The second-order valence-corrected chi connectivity index (χ2v) is 10.9. The van der Waals surface area contributed by atoms with Crippen molar-refractivity contribution in [1.29, 1.82) is 0 Å². The molecule has 0 saturated carbocycles. The lowest BCUT2D eigenvalue weighted by Crippen LogP contribution is -2.55. The number of anilines is 2. The molecule has 2 aliphatic rings. The van der Waals surface area contributed by atoms with Crippen LogP contribution in [0.25, 0.3) is 11.2 Å². The van der Waals surface area contributed by atoms with Crippen LogP contribution >= 0.6 is 0 Å². The standard InChI is InChI=1S/C31H35N7O2/c1-22-18-35(15-16-38(22)29(39)20-37-21-33-27-10-6-13-32-30(27)37)28-11-5-7-23-12-14-36(19-26(23)28)31(40)24-8-4-9-25(17-24)34(2)3/h4-11,13,17,21-22H,12,14-16,18-20H2,1-3H3. The molecule has 0 radical (unpaired) electrons. The van der Waals surface area contributed by atoms with Crippen LogP contribution in [-0.4, -0.2) is 82.5 Å². The van der Waals surface area contributed by atoms with Crippen LogP contribution in [0.4, 0.5) is 11.4 Å². The van der Waals surface area contributed by atoms with E-state index in [0.717, 1.165) is 36.4 Å². The lowest BCUT2D eigenvalue weighted by molar-refractivity contribution is -0.134. The topological polar surface area (TPSA) is 77.8 Å². The molecule has 0 N–H and O–H groups in total. The number of carbonyl (C=O) groups excluding carboxylic acids is 2. The maximum absolute atomic E-state index is 13.5. The number of hydrogen-bond donors (Lipinski definition) is 0. The molecule has 9 nitrogen and oxygen atoms in total. The molecular formula is C31H35N7O2. The second kappa shape index (κ2) is 10.6. The van der Waals surface area contributed by atoms with Gasteiger partial charge in [0.05, 0.1) is 6.33 Å². The zero-order valence-electron chi connectivity index (χ0n) is 23.3. The molecule has 0 spiro atoms. The summed E-state index contributed by atoms with van der Waals surface area (Å²) >= 11 is 0. The van der Waals surface area contributed by atoms with E-state index < -0.39 is 0 Å². The number of fused-ring (bicyclic) bond motifs is 2. The molecule has 2 aromatic carbocycles. The number of aromatic nitrogens is 3. The predicted molar refractivity (Wildman–Crippen MR) is 157 cm³/mol. The third-order valence-electron chi connectivity index (χ3n) is 8.11. The van der Waals surface area contributed by atoms with E-state index in [-0.39, 0.29) is 24.4 Å². The summed E-state index contributed by atoms with van der Waals surface area (Å²) in [7, 11) is 3.97. The molecule has 6 rings (SSSR count). The first kappa shape index (κ1) is 25.9. The molecule has 206 valence electrons. The minimum Gasteiger partial charge on any atom is -0.378 e. The van der Waals surface area contributed by atoms with E-state index in [1.54, 1.807) is 12.5 Å². The largest absolute Gasteiger partial charge is 0.378 e. The second-order valence-electron chi connectivity index (χ2n) is 10.9. The Morgan fingerprint density at radius 2 is 1.85 bits per heavy atom. The van der Waals surface area contributed by atoms with Gasteiger partial charge in [-0.15, -0.1) is 0 Å². The van der Waals surface area contributed by atoms with Crippen molar-refractivity contribution in [2.24, 2.45) is 0 Å². The maximum atomic E-state index is 13.5. The van der Waals surface area contributed by atoms with Crippen molar-refractivity contribution in [3.63, 3.8) is 0 Å². The van der Waals surface area contributed by atoms with Crippen molar-refractivity contribution in [1.82, 2.24) is 24.3 Å². The minimum absolute atomic E-state index is 0.0509. The highest BCUT2D eigenvalue weighted by Crippen LogP contribution is 2.32. The molecule has 1 saturated heterocycles. The number of carbonyl (C=O) groups is 2. The number of nitrogens with zero attached hydrogens (tertiary/aromatic N) is 7. The Morgan fingerprint density at radius 3 is 2.67 bits per heavy atom. The van der Waals surface area contributed by atoms with Gasteiger partial charge in [0, 0.05) is 76.0 Å². The summed E-state index contributed by atoms with van der Waals surface area (Å²) < 4.78 is 1.82. The van der Waals surface area contributed by atoms with Gasteiger partial charge in [-0.2, -0.15) is 0 Å². The monoisotopic (exact) mass is 537 g/mol. The minimum atomic E-state index is 0.0509. The lowest BCUT2D eigenvalue weighted by Gasteiger charge is -2.42. The fourth-order valence-electron chi connectivity index (χ4n) is 5.93. The third-order valence-corrected chi connectivity index (χ3v) is 8.11. The average molecular weight is 538 g/mol. The van der Waals surface area contributed by atoms with Crippen molar-refractivity contribution in [3.8, 4) is 0 Å². The SMILES string of the molecule is CC1CN(c2cccc3c2CN(C(=O)c2cccc(N(C)C)c2)CC3)CCN1C(=O)Cn1cnc2cccnc21. The van der Waals surface area contributed by atoms with E-state index in [9.17, 15) is 9.59 Å². The van der Waals surface area contributed by atoms with Crippen LogP contribution in [0.2, 0.25) is 0 Å². The summed E-state index contributed by atoms with van der Waals surface area (Å²) in [4.78, 5) is 43.9. The van der Waals surface area contributed by atoms with Crippen LogP contribution in [-0.2, 0) is 24.3 Å². The van der Waals surface area contributed by atoms with Gasteiger partial charge in [0.2, 0.25) is 5.91 Å². The maximum Gasteiger partial charge on any atom is 0.254 e. The van der Waals surface area contributed by atoms with E-state index in [4.69, 9.17) is 0 Å². The molecule has 1 fully saturated rings. The molecule has 2 amide bonds. The van der Waals surface area contributed by atoms with Gasteiger partial charge in [0.25, 0.3) is 5.91 Å².